The molecule has 0 aromatic heterocycles. The normalized spacial score (nSPS) is 21.3. The van der Waals surface area contributed by atoms with Gasteiger partial charge in [0.1, 0.15) is 0 Å². The standard InChI is InChI=1S/C20H31ClN4O/c1-2-22-19(23-15-20(26)10-3-11-20)24-18-8-12-25(13-9-18)14-16-4-6-17(21)7-5-16/h4-7,18,26H,2-3,8-15H2,1H3,(H2,22,23,24). The summed E-state index contributed by atoms with van der Waals surface area (Å²) in [5.41, 5.74) is 0.744. The van der Waals surface area contributed by atoms with Gasteiger partial charge in [-0.3, -0.25) is 9.89 Å². The van der Waals surface area contributed by atoms with Gasteiger partial charge >= 0.3 is 0 Å². The molecule has 0 unspecified atom stereocenters. The summed E-state index contributed by atoms with van der Waals surface area (Å²) < 4.78 is 0. The topological polar surface area (TPSA) is 59.9 Å². The van der Waals surface area contributed by atoms with Gasteiger partial charge in [0.15, 0.2) is 5.96 Å². The molecule has 0 bridgehead atoms. The van der Waals surface area contributed by atoms with E-state index in [4.69, 9.17) is 11.6 Å². The van der Waals surface area contributed by atoms with Crippen LogP contribution in [0.3, 0.4) is 0 Å². The molecule has 3 rings (SSSR count). The maximum Gasteiger partial charge on any atom is 0.191 e. The number of guanidine groups is 1. The zero-order valence-electron chi connectivity index (χ0n) is 15.7. The third-order valence-corrected chi connectivity index (χ3v) is 5.66. The Morgan fingerprint density at radius 3 is 2.54 bits per heavy atom. The molecule has 1 saturated heterocycles. The molecule has 144 valence electrons. The lowest BCUT2D eigenvalue weighted by atomic mass is 9.80. The molecule has 2 aliphatic rings. The fourth-order valence-corrected chi connectivity index (χ4v) is 3.69. The summed E-state index contributed by atoms with van der Waals surface area (Å²) in [6.07, 6.45) is 5.06. The molecule has 0 amide bonds. The van der Waals surface area contributed by atoms with Crippen LogP contribution in [-0.4, -0.2) is 53.8 Å². The number of aliphatic imine (C=N–C) groups is 1. The SMILES string of the molecule is CCNC(=NCC1(O)CCC1)NC1CCN(Cc2ccc(Cl)cc2)CC1. The van der Waals surface area contributed by atoms with Crippen molar-refractivity contribution in [3.8, 4) is 0 Å². The van der Waals surface area contributed by atoms with Crippen molar-refractivity contribution in [1.82, 2.24) is 15.5 Å². The number of likely N-dealkylation sites (tertiary alicyclic amines) is 1. The molecule has 0 radical (unpaired) electrons. The first-order valence-corrected chi connectivity index (χ1v) is 10.2. The summed E-state index contributed by atoms with van der Waals surface area (Å²) in [6, 6.07) is 8.56. The van der Waals surface area contributed by atoms with Crippen molar-refractivity contribution in [1.29, 1.82) is 0 Å². The molecule has 0 atom stereocenters. The van der Waals surface area contributed by atoms with E-state index in [1.54, 1.807) is 0 Å². The van der Waals surface area contributed by atoms with Crippen molar-refractivity contribution in [3.05, 3.63) is 34.9 Å². The van der Waals surface area contributed by atoms with E-state index in [1.807, 2.05) is 12.1 Å². The molecule has 5 nitrogen and oxygen atoms in total. The summed E-state index contributed by atoms with van der Waals surface area (Å²) in [5.74, 6) is 0.837. The van der Waals surface area contributed by atoms with Crippen LogP contribution in [0.1, 0.15) is 44.6 Å². The molecule has 26 heavy (non-hydrogen) atoms. The van der Waals surface area contributed by atoms with Crippen molar-refractivity contribution in [2.45, 2.75) is 57.2 Å². The Kier molecular flexibility index (Phi) is 6.79. The first-order chi connectivity index (χ1) is 12.6. The predicted octanol–water partition coefficient (Wildman–Crippen LogP) is 2.77. The van der Waals surface area contributed by atoms with Crippen molar-refractivity contribution >= 4 is 17.6 Å². The van der Waals surface area contributed by atoms with Gasteiger partial charge in [-0.25, -0.2) is 0 Å². The highest BCUT2D eigenvalue weighted by Gasteiger charge is 2.34. The second-order valence-corrected chi connectivity index (χ2v) is 8.03. The van der Waals surface area contributed by atoms with Crippen LogP contribution in [0.5, 0.6) is 0 Å². The highest BCUT2D eigenvalue weighted by atomic mass is 35.5. The molecule has 1 aliphatic heterocycles. The zero-order chi connectivity index (χ0) is 18.4. The fourth-order valence-electron chi connectivity index (χ4n) is 3.57. The number of halogens is 1. The lowest BCUT2D eigenvalue weighted by Gasteiger charge is -2.36. The van der Waals surface area contributed by atoms with Gasteiger partial charge in [-0.2, -0.15) is 0 Å². The van der Waals surface area contributed by atoms with Crippen LogP contribution in [0.2, 0.25) is 5.02 Å². The number of hydrogen-bond acceptors (Lipinski definition) is 3. The summed E-state index contributed by atoms with van der Waals surface area (Å²) in [4.78, 5) is 7.10. The van der Waals surface area contributed by atoms with Gasteiger partial charge in [-0.05, 0) is 56.7 Å². The van der Waals surface area contributed by atoms with Gasteiger partial charge in [0.2, 0.25) is 0 Å². The Bertz CT molecular complexity index is 592. The molecular weight excluding hydrogens is 348 g/mol. The summed E-state index contributed by atoms with van der Waals surface area (Å²) >= 11 is 5.96. The first-order valence-electron chi connectivity index (χ1n) is 9.80. The molecule has 1 heterocycles. The first kappa shape index (κ1) is 19.5. The molecule has 1 aromatic carbocycles. The maximum atomic E-state index is 10.2. The van der Waals surface area contributed by atoms with Gasteiger partial charge in [-0.15, -0.1) is 0 Å². The molecule has 6 heteroatoms. The smallest absolute Gasteiger partial charge is 0.191 e. The molecule has 3 N–H and O–H groups in total. The average Bonchev–Trinajstić information content (AvgIpc) is 2.62. The van der Waals surface area contributed by atoms with Crippen LogP contribution in [-0.2, 0) is 6.54 Å². The predicted molar refractivity (Wildman–Crippen MR) is 108 cm³/mol. The van der Waals surface area contributed by atoms with Crippen LogP contribution in [0.4, 0.5) is 0 Å². The van der Waals surface area contributed by atoms with E-state index >= 15 is 0 Å². The minimum absolute atomic E-state index is 0.435. The average molecular weight is 379 g/mol. The van der Waals surface area contributed by atoms with Crippen molar-refractivity contribution in [3.63, 3.8) is 0 Å². The quantitative estimate of drug-likeness (QED) is 0.526. The molecular formula is C20H31ClN4O. The number of rotatable bonds is 6. The molecule has 1 aromatic rings. The Balaban J connectivity index is 1.45. The second-order valence-electron chi connectivity index (χ2n) is 7.59. The molecule has 1 saturated carbocycles. The van der Waals surface area contributed by atoms with E-state index in [2.05, 4.69) is 39.6 Å². The van der Waals surface area contributed by atoms with Crippen molar-refractivity contribution in [2.24, 2.45) is 4.99 Å². The second kappa shape index (κ2) is 9.07. The van der Waals surface area contributed by atoms with Gasteiger partial charge in [-0.1, -0.05) is 23.7 Å². The van der Waals surface area contributed by atoms with Crippen LogP contribution in [0.15, 0.2) is 29.3 Å². The van der Waals surface area contributed by atoms with Gasteiger partial charge in [0, 0.05) is 37.2 Å². The molecule has 0 spiro atoms. The Morgan fingerprint density at radius 2 is 1.96 bits per heavy atom. The number of piperidine rings is 1. The van der Waals surface area contributed by atoms with Crippen LogP contribution < -0.4 is 10.6 Å². The third-order valence-electron chi connectivity index (χ3n) is 5.41. The summed E-state index contributed by atoms with van der Waals surface area (Å²) in [5, 5.41) is 17.9. The van der Waals surface area contributed by atoms with E-state index < -0.39 is 5.60 Å². The number of nitrogens with zero attached hydrogens (tertiary/aromatic N) is 2. The van der Waals surface area contributed by atoms with Gasteiger partial charge in [0.05, 0.1) is 12.1 Å². The highest BCUT2D eigenvalue weighted by molar-refractivity contribution is 6.30. The number of nitrogens with one attached hydrogen (secondary N) is 2. The number of benzene rings is 1. The number of aliphatic hydroxyl groups is 1. The van der Waals surface area contributed by atoms with Crippen molar-refractivity contribution < 1.29 is 5.11 Å². The Morgan fingerprint density at radius 1 is 1.27 bits per heavy atom. The molecule has 1 aliphatic carbocycles. The summed E-state index contributed by atoms with van der Waals surface area (Å²) in [6.45, 7) is 6.53. The van der Waals surface area contributed by atoms with E-state index in [9.17, 15) is 5.11 Å². The third kappa shape index (κ3) is 5.60. The lowest BCUT2D eigenvalue weighted by molar-refractivity contribution is -0.0236. The van der Waals surface area contributed by atoms with E-state index in [0.29, 0.717) is 12.6 Å². The zero-order valence-corrected chi connectivity index (χ0v) is 16.4. The van der Waals surface area contributed by atoms with Crippen LogP contribution in [0, 0.1) is 0 Å². The Hall–Kier alpha value is -1.30. The minimum atomic E-state index is -0.565. The summed E-state index contributed by atoms with van der Waals surface area (Å²) in [7, 11) is 0. The maximum absolute atomic E-state index is 10.2. The molecule has 2 fully saturated rings. The van der Waals surface area contributed by atoms with Crippen LogP contribution >= 0.6 is 11.6 Å². The largest absolute Gasteiger partial charge is 0.388 e. The van der Waals surface area contributed by atoms with Gasteiger partial charge < -0.3 is 15.7 Å². The van der Waals surface area contributed by atoms with Gasteiger partial charge in [0.25, 0.3) is 0 Å². The van der Waals surface area contributed by atoms with E-state index in [1.165, 1.54) is 5.56 Å². The van der Waals surface area contributed by atoms with E-state index in [0.717, 1.165) is 69.3 Å². The Labute approximate surface area is 161 Å². The lowest BCUT2D eigenvalue weighted by Crippen LogP contribution is -2.49. The highest BCUT2D eigenvalue weighted by Crippen LogP contribution is 2.31. The van der Waals surface area contributed by atoms with E-state index in [-0.39, 0.29) is 0 Å². The monoisotopic (exact) mass is 378 g/mol. The number of hydrogen-bond donors (Lipinski definition) is 3. The fraction of sp³-hybridized carbons (Fsp3) is 0.650. The van der Waals surface area contributed by atoms with Crippen molar-refractivity contribution in [2.75, 3.05) is 26.2 Å². The van der Waals surface area contributed by atoms with Crippen LogP contribution in [0.25, 0.3) is 0 Å². The minimum Gasteiger partial charge on any atom is -0.388 e.